The molecule has 106 valence electrons. The van der Waals surface area contributed by atoms with Gasteiger partial charge in [0.25, 0.3) is 0 Å². The molecular formula is C14H18N4S2. The van der Waals surface area contributed by atoms with Crippen LogP contribution in [-0.4, -0.2) is 20.5 Å². The molecule has 0 radical (unpaired) electrons. The van der Waals surface area contributed by atoms with E-state index in [2.05, 4.69) is 23.4 Å². The van der Waals surface area contributed by atoms with Crippen LogP contribution in [0.1, 0.15) is 18.2 Å². The molecule has 2 aromatic rings. The largest absolute Gasteiger partial charge is 0.389 e. The van der Waals surface area contributed by atoms with Crippen molar-refractivity contribution >= 4 is 34.7 Å². The van der Waals surface area contributed by atoms with Crippen molar-refractivity contribution in [3.05, 3.63) is 41.7 Å². The van der Waals surface area contributed by atoms with Crippen LogP contribution in [0.3, 0.4) is 0 Å². The number of anilines is 1. The molecule has 6 heteroatoms. The van der Waals surface area contributed by atoms with Gasteiger partial charge in [0, 0.05) is 29.4 Å². The maximum Gasteiger partial charge on any atom is 0.107 e. The van der Waals surface area contributed by atoms with Crippen molar-refractivity contribution in [3.63, 3.8) is 0 Å². The molecule has 0 saturated heterocycles. The Hall–Kier alpha value is -1.53. The molecule has 0 aliphatic rings. The van der Waals surface area contributed by atoms with Gasteiger partial charge in [0.15, 0.2) is 0 Å². The van der Waals surface area contributed by atoms with Gasteiger partial charge in [-0.3, -0.25) is 4.68 Å². The van der Waals surface area contributed by atoms with Gasteiger partial charge in [0.2, 0.25) is 0 Å². The Balaban J connectivity index is 2.24. The number of thiocarbonyl (C=S) groups is 1. The number of rotatable bonds is 6. The van der Waals surface area contributed by atoms with E-state index >= 15 is 0 Å². The van der Waals surface area contributed by atoms with Gasteiger partial charge in [-0.2, -0.15) is 5.10 Å². The lowest BCUT2D eigenvalue weighted by Crippen LogP contribution is -2.15. The molecule has 1 aromatic carbocycles. The smallest absolute Gasteiger partial charge is 0.107 e. The first-order chi connectivity index (χ1) is 9.63. The van der Waals surface area contributed by atoms with Crippen LogP contribution in [0.4, 0.5) is 5.69 Å². The molecule has 0 saturated carbocycles. The predicted octanol–water partition coefficient (Wildman–Crippen LogP) is 2.78. The normalized spacial score (nSPS) is 10.5. The van der Waals surface area contributed by atoms with E-state index in [1.165, 1.54) is 0 Å². The van der Waals surface area contributed by atoms with Crippen LogP contribution in [0.2, 0.25) is 0 Å². The number of aryl methyl sites for hydroxylation is 1. The molecule has 0 aliphatic carbocycles. The highest BCUT2D eigenvalue weighted by atomic mass is 32.2. The molecular weight excluding hydrogens is 288 g/mol. The molecule has 3 N–H and O–H groups in total. The standard InChI is InChI=1S/C14H18N4S2/c1-3-20-12-6-4-5-11(13(12)14(15)19)16-9-10-7-8-17-18(10)2/h4-8,16H,3,9H2,1-2H3,(H2,15,19). The maximum atomic E-state index is 5.89. The summed E-state index contributed by atoms with van der Waals surface area (Å²) >= 11 is 6.94. The number of nitrogens with one attached hydrogen (secondary N) is 1. The zero-order chi connectivity index (χ0) is 14.5. The van der Waals surface area contributed by atoms with Crippen LogP contribution >= 0.6 is 24.0 Å². The number of hydrogen-bond acceptors (Lipinski definition) is 4. The van der Waals surface area contributed by atoms with Crippen molar-refractivity contribution < 1.29 is 0 Å². The van der Waals surface area contributed by atoms with Gasteiger partial charge in [-0.05, 0) is 24.0 Å². The number of aromatic nitrogens is 2. The molecule has 4 nitrogen and oxygen atoms in total. The van der Waals surface area contributed by atoms with E-state index in [-0.39, 0.29) is 0 Å². The topological polar surface area (TPSA) is 55.9 Å². The highest BCUT2D eigenvalue weighted by Gasteiger charge is 2.11. The summed E-state index contributed by atoms with van der Waals surface area (Å²) in [6.07, 6.45) is 1.79. The van der Waals surface area contributed by atoms with Crippen LogP contribution < -0.4 is 11.1 Å². The monoisotopic (exact) mass is 306 g/mol. The van der Waals surface area contributed by atoms with Gasteiger partial charge < -0.3 is 11.1 Å². The third-order valence-corrected chi connectivity index (χ3v) is 4.10. The van der Waals surface area contributed by atoms with Gasteiger partial charge in [0.1, 0.15) is 4.99 Å². The number of nitrogens with two attached hydrogens (primary N) is 1. The fraction of sp³-hybridized carbons (Fsp3) is 0.286. The summed E-state index contributed by atoms with van der Waals surface area (Å²) in [7, 11) is 1.93. The molecule has 20 heavy (non-hydrogen) atoms. The molecule has 0 unspecified atom stereocenters. The second kappa shape index (κ2) is 6.76. The van der Waals surface area contributed by atoms with Crippen molar-refractivity contribution in [1.29, 1.82) is 0 Å². The zero-order valence-electron chi connectivity index (χ0n) is 11.6. The molecule has 0 bridgehead atoms. The molecule has 0 spiro atoms. The molecule has 1 heterocycles. The van der Waals surface area contributed by atoms with Gasteiger partial charge in [-0.15, -0.1) is 11.8 Å². The summed E-state index contributed by atoms with van der Waals surface area (Å²) in [6, 6.07) is 8.06. The molecule has 2 rings (SSSR count). The van der Waals surface area contributed by atoms with E-state index in [0.29, 0.717) is 11.5 Å². The SMILES string of the molecule is CCSc1cccc(NCc2ccnn2C)c1C(N)=S. The van der Waals surface area contributed by atoms with Crippen LogP contribution in [0.25, 0.3) is 0 Å². The zero-order valence-corrected chi connectivity index (χ0v) is 13.2. The van der Waals surface area contributed by atoms with E-state index < -0.39 is 0 Å². The minimum atomic E-state index is 0.425. The lowest BCUT2D eigenvalue weighted by molar-refractivity contribution is 0.720. The number of benzene rings is 1. The third-order valence-electron chi connectivity index (χ3n) is 2.95. The van der Waals surface area contributed by atoms with Crippen molar-refractivity contribution in [2.45, 2.75) is 18.4 Å². The second-order valence-electron chi connectivity index (χ2n) is 4.28. The van der Waals surface area contributed by atoms with Crippen LogP contribution in [-0.2, 0) is 13.6 Å². The van der Waals surface area contributed by atoms with Gasteiger partial charge in [-0.1, -0.05) is 25.2 Å². The highest BCUT2D eigenvalue weighted by molar-refractivity contribution is 7.99. The first-order valence-corrected chi connectivity index (χ1v) is 7.79. The molecule has 1 aromatic heterocycles. The Morgan fingerprint density at radius 1 is 1.45 bits per heavy atom. The molecule has 0 aliphatic heterocycles. The lowest BCUT2D eigenvalue weighted by Gasteiger charge is -2.14. The molecule has 0 atom stereocenters. The van der Waals surface area contributed by atoms with Crippen molar-refractivity contribution in [2.75, 3.05) is 11.1 Å². The quantitative estimate of drug-likeness (QED) is 0.635. The summed E-state index contributed by atoms with van der Waals surface area (Å²) in [5.74, 6) is 0.987. The fourth-order valence-corrected chi connectivity index (χ4v) is 3.10. The Labute approximate surface area is 128 Å². The van der Waals surface area contributed by atoms with Gasteiger partial charge in [0.05, 0.1) is 12.2 Å². The van der Waals surface area contributed by atoms with E-state index in [1.54, 1.807) is 18.0 Å². The minimum Gasteiger partial charge on any atom is -0.389 e. The third kappa shape index (κ3) is 3.32. The van der Waals surface area contributed by atoms with E-state index in [4.69, 9.17) is 18.0 Å². The van der Waals surface area contributed by atoms with E-state index in [9.17, 15) is 0 Å². The lowest BCUT2D eigenvalue weighted by atomic mass is 10.1. The summed E-state index contributed by atoms with van der Waals surface area (Å²) in [4.78, 5) is 1.55. The van der Waals surface area contributed by atoms with Crippen LogP contribution in [0.15, 0.2) is 35.4 Å². The molecule has 0 amide bonds. The fourth-order valence-electron chi connectivity index (χ4n) is 1.97. The summed E-state index contributed by atoms with van der Waals surface area (Å²) in [6.45, 7) is 2.80. The van der Waals surface area contributed by atoms with Crippen LogP contribution in [0.5, 0.6) is 0 Å². The predicted molar refractivity (Wildman–Crippen MR) is 89.3 cm³/mol. The average molecular weight is 306 g/mol. The second-order valence-corrected chi connectivity index (χ2v) is 6.02. The van der Waals surface area contributed by atoms with E-state index in [0.717, 1.165) is 27.6 Å². The average Bonchev–Trinajstić information content (AvgIpc) is 2.82. The summed E-state index contributed by atoms with van der Waals surface area (Å²) in [5.41, 5.74) is 8.89. The Morgan fingerprint density at radius 3 is 2.85 bits per heavy atom. The summed E-state index contributed by atoms with van der Waals surface area (Å²) in [5, 5.41) is 7.55. The maximum absolute atomic E-state index is 5.89. The van der Waals surface area contributed by atoms with Gasteiger partial charge in [-0.25, -0.2) is 0 Å². The van der Waals surface area contributed by atoms with E-state index in [1.807, 2.05) is 29.9 Å². The first-order valence-electron chi connectivity index (χ1n) is 6.39. The Bertz CT molecular complexity index is 607. The van der Waals surface area contributed by atoms with Crippen LogP contribution in [0, 0.1) is 0 Å². The number of nitrogens with zero attached hydrogens (tertiary/aromatic N) is 2. The summed E-state index contributed by atoms with van der Waals surface area (Å²) < 4.78 is 1.85. The van der Waals surface area contributed by atoms with Crippen molar-refractivity contribution in [1.82, 2.24) is 9.78 Å². The van der Waals surface area contributed by atoms with Crippen molar-refractivity contribution in [2.24, 2.45) is 12.8 Å². The molecule has 0 fully saturated rings. The number of hydrogen-bond donors (Lipinski definition) is 2. The first kappa shape index (κ1) is 14.9. The minimum absolute atomic E-state index is 0.425. The van der Waals surface area contributed by atoms with Crippen molar-refractivity contribution in [3.8, 4) is 0 Å². The Morgan fingerprint density at radius 2 is 2.25 bits per heavy atom. The number of thioether (sulfide) groups is 1. The Kier molecular flexibility index (Phi) is 5.03. The highest BCUT2D eigenvalue weighted by Crippen LogP contribution is 2.28. The van der Waals surface area contributed by atoms with Gasteiger partial charge >= 0.3 is 0 Å².